The predicted molar refractivity (Wildman–Crippen MR) is 99.0 cm³/mol. The van der Waals surface area contributed by atoms with Crippen LogP contribution in [0.4, 0.5) is 5.69 Å². The zero-order chi connectivity index (χ0) is 17.1. The normalized spacial score (nSPS) is 14.7. The lowest BCUT2D eigenvalue weighted by molar-refractivity contribution is 0.123. The highest BCUT2D eigenvalue weighted by atomic mass is 35.5. The molecule has 5 nitrogen and oxygen atoms in total. The third-order valence-electron chi connectivity index (χ3n) is 4.36. The first-order valence-electron chi connectivity index (χ1n) is 8.35. The Morgan fingerprint density at radius 2 is 1.76 bits per heavy atom. The van der Waals surface area contributed by atoms with Gasteiger partial charge in [-0.25, -0.2) is 9.67 Å². The number of ether oxygens (including phenoxy) is 1. The second-order valence-electron chi connectivity index (χ2n) is 5.98. The van der Waals surface area contributed by atoms with E-state index in [1.54, 1.807) is 6.33 Å². The van der Waals surface area contributed by atoms with Crippen LogP contribution in [0, 0.1) is 0 Å². The van der Waals surface area contributed by atoms with Crippen LogP contribution in [0.3, 0.4) is 0 Å². The molecule has 0 amide bonds. The summed E-state index contributed by atoms with van der Waals surface area (Å²) in [5.41, 5.74) is 3.41. The van der Waals surface area contributed by atoms with Crippen LogP contribution in [0.2, 0.25) is 5.02 Å². The minimum Gasteiger partial charge on any atom is -0.378 e. The molecule has 25 heavy (non-hydrogen) atoms. The summed E-state index contributed by atoms with van der Waals surface area (Å²) in [6, 6.07) is 16.2. The monoisotopic (exact) mass is 354 g/mol. The molecule has 1 fully saturated rings. The molecule has 1 aromatic heterocycles. The van der Waals surface area contributed by atoms with Gasteiger partial charge in [-0.3, -0.25) is 0 Å². The number of morpholine rings is 1. The second kappa shape index (κ2) is 7.25. The smallest absolute Gasteiger partial charge is 0.160 e. The first-order chi connectivity index (χ1) is 12.3. The van der Waals surface area contributed by atoms with Gasteiger partial charge in [-0.15, -0.1) is 0 Å². The largest absolute Gasteiger partial charge is 0.378 e. The molecule has 1 aliphatic rings. The van der Waals surface area contributed by atoms with Gasteiger partial charge >= 0.3 is 0 Å². The molecule has 1 saturated heterocycles. The van der Waals surface area contributed by atoms with Crippen molar-refractivity contribution >= 4 is 17.3 Å². The summed E-state index contributed by atoms with van der Waals surface area (Å²) in [5, 5.41) is 5.16. The number of hydrogen-bond donors (Lipinski definition) is 0. The lowest BCUT2D eigenvalue weighted by Gasteiger charge is -2.30. The van der Waals surface area contributed by atoms with Crippen molar-refractivity contribution in [1.29, 1.82) is 0 Å². The van der Waals surface area contributed by atoms with E-state index in [1.807, 2.05) is 35.0 Å². The summed E-state index contributed by atoms with van der Waals surface area (Å²) < 4.78 is 7.41. The summed E-state index contributed by atoms with van der Waals surface area (Å²) in [4.78, 5) is 6.87. The topological polar surface area (TPSA) is 43.2 Å². The fourth-order valence-electron chi connectivity index (χ4n) is 3.09. The number of benzene rings is 2. The van der Waals surface area contributed by atoms with Gasteiger partial charge in [0, 0.05) is 29.4 Å². The van der Waals surface area contributed by atoms with Crippen LogP contribution >= 0.6 is 11.6 Å². The van der Waals surface area contributed by atoms with Crippen molar-refractivity contribution in [2.75, 3.05) is 31.2 Å². The van der Waals surface area contributed by atoms with E-state index in [0.29, 0.717) is 6.54 Å². The fraction of sp³-hybridized carbons (Fsp3) is 0.263. The molecular formula is C19H19ClN4O. The quantitative estimate of drug-likeness (QED) is 0.719. The summed E-state index contributed by atoms with van der Waals surface area (Å²) >= 11 is 5.98. The van der Waals surface area contributed by atoms with Crippen molar-refractivity contribution in [2.24, 2.45) is 0 Å². The molecule has 2 aromatic carbocycles. The molecule has 0 atom stereocenters. The molecule has 0 saturated carbocycles. The van der Waals surface area contributed by atoms with Crippen LogP contribution in [0.25, 0.3) is 11.4 Å². The number of anilines is 1. The minimum atomic E-state index is 0.657. The van der Waals surface area contributed by atoms with Gasteiger partial charge < -0.3 is 9.64 Å². The molecule has 0 radical (unpaired) electrons. The lowest BCUT2D eigenvalue weighted by Crippen LogP contribution is -2.36. The highest BCUT2D eigenvalue weighted by Crippen LogP contribution is 2.30. The molecule has 6 heteroatoms. The molecule has 0 spiro atoms. The molecule has 128 valence electrons. The third-order valence-corrected chi connectivity index (χ3v) is 4.61. The van der Waals surface area contributed by atoms with Crippen molar-refractivity contribution in [3.63, 3.8) is 0 Å². The Morgan fingerprint density at radius 1 is 1.00 bits per heavy atom. The van der Waals surface area contributed by atoms with Crippen molar-refractivity contribution in [3.8, 4) is 11.4 Å². The van der Waals surface area contributed by atoms with Gasteiger partial charge in [0.1, 0.15) is 6.33 Å². The van der Waals surface area contributed by atoms with Crippen LogP contribution in [-0.2, 0) is 11.3 Å². The average Bonchev–Trinajstić information content (AvgIpc) is 3.12. The van der Waals surface area contributed by atoms with Gasteiger partial charge in [-0.1, -0.05) is 35.9 Å². The fourth-order valence-corrected chi connectivity index (χ4v) is 3.22. The first-order valence-corrected chi connectivity index (χ1v) is 8.73. The Kier molecular flexibility index (Phi) is 4.68. The Labute approximate surface area is 151 Å². The zero-order valence-electron chi connectivity index (χ0n) is 13.8. The summed E-state index contributed by atoms with van der Waals surface area (Å²) in [6.45, 7) is 3.95. The summed E-state index contributed by atoms with van der Waals surface area (Å²) in [7, 11) is 0. The molecule has 0 unspecified atom stereocenters. The standard InChI is InChI=1S/C19H19ClN4O/c20-16-7-5-15(6-8-16)13-24-19(21-14-22-24)17-3-1-2-4-18(17)23-9-11-25-12-10-23/h1-8,14H,9-13H2. The molecule has 0 aliphatic carbocycles. The van der Waals surface area contributed by atoms with Crippen molar-refractivity contribution in [3.05, 3.63) is 65.4 Å². The summed E-state index contributed by atoms with van der Waals surface area (Å²) in [5.74, 6) is 0.872. The molecule has 1 aliphatic heterocycles. The van der Waals surface area contributed by atoms with E-state index in [1.165, 1.54) is 5.69 Å². The molecule has 4 rings (SSSR count). The van der Waals surface area contributed by atoms with Crippen molar-refractivity contribution in [1.82, 2.24) is 14.8 Å². The SMILES string of the molecule is Clc1ccc(Cn2ncnc2-c2ccccc2N2CCOCC2)cc1. The molecule has 0 N–H and O–H groups in total. The van der Waals surface area contributed by atoms with E-state index in [2.05, 4.69) is 33.2 Å². The van der Waals surface area contributed by atoms with Gasteiger partial charge in [0.2, 0.25) is 0 Å². The first kappa shape index (κ1) is 16.1. The molecule has 0 bridgehead atoms. The Morgan fingerprint density at radius 3 is 2.56 bits per heavy atom. The van der Waals surface area contributed by atoms with E-state index in [-0.39, 0.29) is 0 Å². The highest BCUT2D eigenvalue weighted by Gasteiger charge is 2.18. The molecule has 3 aromatic rings. The Balaban J connectivity index is 1.67. The van der Waals surface area contributed by atoms with Crippen LogP contribution < -0.4 is 4.90 Å². The predicted octanol–water partition coefficient (Wildman–Crippen LogP) is 3.48. The summed E-state index contributed by atoms with van der Waals surface area (Å²) in [6.07, 6.45) is 1.61. The Bertz CT molecular complexity index is 841. The van der Waals surface area contributed by atoms with E-state index in [9.17, 15) is 0 Å². The van der Waals surface area contributed by atoms with Crippen molar-refractivity contribution in [2.45, 2.75) is 6.54 Å². The van der Waals surface area contributed by atoms with Gasteiger partial charge in [-0.05, 0) is 29.8 Å². The van der Waals surface area contributed by atoms with Gasteiger partial charge in [0.15, 0.2) is 5.82 Å². The molecular weight excluding hydrogens is 336 g/mol. The van der Waals surface area contributed by atoms with Crippen LogP contribution in [0.15, 0.2) is 54.9 Å². The maximum Gasteiger partial charge on any atom is 0.160 e. The van der Waals surface area contributed by atoms with Gasteiger partial charge in [0.05, 0.1) is 19.8 Å². The maximum absolute atomic E-state index is 5.98. The van der Waals surface area contributed by atoms with Crippen molar-refractivity contribution < 1.29 is 4.74 Å². The highest BCUT2D eigenvalue weighted by molar-refractivity contribution is 6.30. The maximum atomic E-state index is 5.98. The third kappa shape index (κ3) is 3.52. The minimum absolute atomic E-state index is 0.657. The van der Waals surface area contributed by atoms with Crippen LogP contribution in [0.1, 0.15) is 5.56 Å². The zero-order valence-corrected chi connectivity index (χ0v) is 14.6. The number of para-hydroxylation sites is 1. The number of aromatic nitrogens is 3. The van der Waals surface area contributed by atoms with Crippen LogP contribution in [0.5, 0.6) is 0 Å². The van der Waals surface area contributed by atoms with E-state index in [4.69, 9.17) is 16.3 Å². The van der Waals surface area contributed by atoms with Gasteiger partial charge in [0.25, 0.3) is 0 Å². The number of rotatable bonds is 4. The van der Waals surface area contributed by atoms with E-state index >= 15 is 0 Å². The average molecular weight is 355 g/mol. The van der Waals surface area contributed by atoms with Gasteiger partial charge in [-0.2, -0.15) is 5.10 Å². The Hall–Kier alpha value is -2.37. The second-order valence-corrected chi connectivity index (χ2v) is 6.42. The van der Waals surface area contributed by atoms with E-state index in [0.717, 1.165) is 48.3 Å². The van der Waals surface area contributed by atoms with E-state index < -0.39 is 0 Å². The van der Waals surface area contributed by atoms with Crippen LogP contribution in [-0.4, -0.2) is 41.1 Å². The number of halogens is 1. The molecule has 2 heterocycles. The number of hydrogen-bond acceptors (Lipinski definition) is 4. The lowest BCUT2D eigenvalue weighted by atomic mass is 10.1. The number of nitrogens with zero attached hydrogens (tertiary/aromatic N) is 4.